The van der Waals surface area contributed by atoms with Gasteiger partial charge >= 0.3 is 0 Å². The van der Waals surface area contributed by atoms with Gasteiger partial charge in [-0.15, -0.1) is 0 Å². The number of hydrogen-bond acceptors (Lipinski definition) is 4. The number of carbonyl (C=O) groups is 2. The van der Waals surface area contributed by atoms with Gasteiger partial charge in [-0.25, -0.2) is 4.98 Å². The van der Waals surface area contributed by atoms with Crippen LogP contribution >= 0.6 is 0 Å². The second-order valence-electron chi connectivity index (χ2n) is 7.11. The minimum atomic E-state index is -0.538. The van der Waals surface area contributed by atoms with Crippen LogP contribution in [0.4, 0.5) is 10.1 Å². The van der Waals surface area contributed by atoms with E-state index in [1.165, 1.54) is 6.20 Å². The standard InChI is InChI=1S/C24H24FN3O2/c1-4-23(30)28(3)19-9-10-20(16(2)14-19)21-11-7-18(15-27-21)22(29)12-8-17-6-5-13-26-24(17)25/h5-7,9-11,13-15H,4,8,12H2,1-3H3. The molecular formula is C24H24FN3O2. The number of rotatable bonds is 7. The molecule has 0 aliphatic carbocycles. The second-order valence-corrected chi connectivity index (χ2v) is 7.11. The third-order valence-electron chi connectivity index (χ3n) is 5.09. The van der Waals surface area contributed by atoms with E-state index in [9.17, 15) is 14.0 Å². The highest BCUT2D eigenvalue weighted by Gasteiger charge is 2.13. The van der Waals surface area contributed by atoms with Crippen LogP contribution in [-0.4, -0.2) is 28.7 Å². The highest BCUT2D eigenvalue weighted by atomic mass is 19.1. The molecule has 6 heteroatoms. The maximum atomic E-state index is 13.6. The molecular weight excluding hydrogens is 381 g/mol. The van der Waals surface area contributed by atoms with Crippen molar-refractivity contribution in [3.8, 4) is 11.3 Å². The van der Waals surface area contributed by atoms with Crippen LogP contribution in [0.15, 0.2) is 54.9 Å². The van der Waals surface area contributed by atoms with Crippen LogP contribution in [0.2, 0.25) is 0 Å². The summed E-state index contributed by atoms with van der Waals surface area (Å²) in [6.07, 6.45) is 3.87. The Morgan fingerprint density at radius 2 is 1.90 bits per heavy atom. The molecule has 0 saturated carbocycles. The quantitative estimate of drug-likeness (QED) is 0.419. The zero-order valence-corrected chi connectivity index (χ0v) is 17.4. The number of nitrogens with zero attached hydrogens (tertiary/aromatic N) is 3. The number of aryl methyl sites for hydroxylation is 2. The molecule has 5 nitrogen and oxygen atoms in total. The fourth-order valence-corrected chi connectivity index (χ4v) is 3.24. The van der Waals surface area contributed by atoms with Gasteiger partial charge in [0.1, 0.15) is 0 Å². The first kappa shape index (κ1) is 21.3. The maximum Gasteiger partial charge on any atom is 0.226 e. The minimum Gasteiger partial charge on any atom is -0.316 e. The van der Waals surface area contributed by atoms with E-state index in [4.69, 9.17) is 0 Å². The number of Topliss-reactive ketones (excluding diaryl/α,β-unsaturated/α-hetero) is 1. The van der Waals surface area contributed by atoms with Crippen molar-refractivity contribution in [3.05, 3.63) is 77.5 Å². The Labute approximate surface area is 175 Å². The molecule has 0 bridgehead atoms. The van der Waals surface area contributed by atoms with E-state index >= 15 is 0 Å². The lowest BCUT2D eigenvalue weighted by molar-refractivity contribution is -0.118. The van der Waals surface area contributed by atoms with Gasteiger partial charge in [0.2, 0.25) is 11.9 Å². The molecule has 30 heavy (non-hydrogen) atoms. The van der Waals surface area contributed by atoms with E-state index in [1.807, 2.05) is 32.0 Å². The molecule has 0 N–H and O–H groups in total. The van der Waals surface area contributed by atoms with Gasteiger partial charge in [-0.3, -0.25) is 14.6 Å². The van der Waals surface area contributed by atoms with E-state index in [0.717, 1.165) is 22.5 Å². The fraction of sp³-hybridized carbons (Fsp3) is 0.250. The topological polar surface area (TPSA) is 63.2 Å². The number of anilines is 1. The summed E-state index contributed by atoms with van der Waals surface area (Å²) in [4.78, 5) is 34.0. The molecule has 0 radical (unpaired) electrons. The predicted octanol–water partition coefficient (Wildman–Crippen LogP) is 4.78. The predicted molar refractivity (Wildman–Crippen MR) is 115 cm³/mol. The SMILES string of the molecule is CCC(=O)N(C)c1ccc(-c2ccc(C(=O)CCc3cccnc3F)cn2)c(C)c1. The molecule has 2 heterocycles. The first-order chi connectivity index (χ1) is 14.4. The number of pyridine rings is 2. The Morgan fingerprint density at radius 3 is 2.53 bits per heavy atom. The molecule has 0 atom stereocenters. The molecule has 3 rings (SSSR count). The number of halogens is 1. The first-order valence-electron chi connectivity index (χ1n) is 9.87. The van der Waals surface area contributed by atoms with Crippen molar-refractivity contribution in [2.45, 2.75) is 33.1 Å². The number of hydrogen-bond donors (Lipinski definition) is 0. The monoisotopic (exact) mass is 405 g/mol. The van der Waals surface area contributed by atoms with Crippen LogP contribution < -0.4 is 4.90 Å². The largest absolute Gasteiger partial charge is 0.316 e. The Kier molecular flexibility index (Phi) is 6.67. The molecule has 2 aromatic heterocycles. The van der Waals surface area contributed by atoms with Crippen LogP contribution in [0.5, 0.6) is 0 Å². The summed E-state index contributed by atoms with van der Waals surface area (Å²) in [7, 11) is 1.76. The Morgan fingerprint density at radius 1 is 1.10 bits per heavy atom. The Hall–Kier alpha value is -3.41. The molecule has 0 aliphatic rings. The van der Waals surface area contributed by atoms with E-state index < -0.39 is 5.95 Å². The fourth-order valence-electron chi connectivity index (χ4n) is 3.24. The highest BCUT2D eigenvalue weighted by molar-refractivity contribution is 5.96. The molecule has 1 amide bonds. The average Bonchev–Trinajstić information content (AvgIpc) is 2.77. The van der Waals surface area contributed by atoms with Crippen molar-refractivity contribution in [2.75, 3.05) is 11.9 Å². The lowest BCUT2D eigenvalue weighted by Gasteiger charge is -2.18. The summed E-state index contributed by atoms with van der Waals surface area (Å²) in [5, 5.41) is 0. The summed E-state index contributed by atoms with van der Waals surface area (Å²) in [6, 6.07) is 12.6. The van der Waals surface area contributed by atoms with Crippen molar-refractivity contribution >= 4 is 17.4 Å². The maximum absolute atomic E-state index is 13.6. The summed E-state index contributed by atoms with van der Waals surface area (Å²) < 4.78 is 13.6. The number of amides is 1. The number of aromatic nitrogens is 2. The Balaban J connectivity index is 1.71. The molecule has 0 unspecified atom stereocenters. The molecule has 0 fully saturated rings. The lowest BCUT2D eigenvalue weighted by Crippen LogP contribution is -2.25. The zero-order chi connectivity index (χ0) is 21.7. The van der Waals surface area contributed by atoms with Crippen molar-refractivity contribution in [3.63, 3.8) is 0 Å². The van der Waals surface area contributed by atoms with Crippen LogP contribution in [0.25, 0.3) is 11.3 Å². The summed E-state index contributed by atoms with van der Waals surface area (Å²) in [5.41, 5.74) is 4.42. The van der Waals surface area contributed by atoms with Gasteiger partial charge in [0.25, 0.3) is 0 Å². The number of carbonyl (C=O) groups excluding carboxylic acids is 2. The van der Waals surface area contributed by atoms with Crippen molar-refractivity contribution in [2.24, 2.45) is 0 Å². The molecule has 0 spiro atoms. The van der Waals surface area contributed by atoms with Crippen LogP contribution in [0.3, 0.4) is 0 Å². The van der Waals surface area contributed by atoms with Crippen LogP contribution in [0, 0.1) is 12.9 Å². The number of benzene rings is 1. The summed E-state index contributed by atoms with van der Waals surface area (Å²) >= 11 is 0. The van der Waals surface area contributed by atoms with Crippen molar-refractivity contribution in [1.29, 1.82) is 0 Å². The van der Waals surface area contributed by atoms with Gasteiger partial charge in [-0.2, -0.15) is 4.39 Å². The minimum absolute atomic E-state index is 0.0503. The van der Waals surface area contributed by atoms with E-state index in [1.54, 1.807) is 42.4 Å². The van der Waals surface area contributed by atoms with E-state index in [-0.39, 0.29) is 18.1 Å². The van der Waals surface area contributed by atoms with E-state index in [2.05, 4.69) is 9.97 Å². The third kappa shape index (κ3) is 4.76. The van der Waals surface area contributed by atoms with Gasteiger partial charge in [0.15, 0.2) is 5.78 Å². The van der Waals surface area contributed by atoms with Crippen molar-refractivity contribution < 1.29 is 14.0 Å². The van der Waals surface area contributed by atoms with Gasteiger partial charge in [-0.05, 0) is 49.2 Å². The van der Waals surface area contributed by atoms with Gasteiger partial charge in [0.05, 0.1) is 5.69 Å². The lowest BCUT2D eigenvalue weighted by atomic mass is 10.0. The molecule has 0 aliphatic heterocycles. The van der Waals surface area contributed by atoms with Gasteiger partial charge in [0, 0.05) is 54.7 Å². The number of ketones is 1. The second kappa shape index (κ2) is 9.39. The normalized spacial score (nSPS) is 10.7. The smallest absolute Gasteiger partial charge is 0.226 e. The molecule has 0 saturated heterocycles. The highest BCUT2D eigenvalue weighted by Crippen LogP contribution is 2.26. The van der Waals surface area contributed by atoms with E-state index in [0.29, 0.717) is 24.0 Å². The average molecular weight is 405 g/mol. The van der Waals surface area contributed by atoms with Crippen LogP contribution in [0.1, 0.15) is 41.3 Å². The van der Waals surface area contributed by atoms with Gasteiger partial charge in [-0.1, -0.05) is 19.1 Å². The summed E-state index contributed by atoms with van der Waals surface area (Å²) in [5.74, 6) is -0.581. The Bertz CT molecular complexity index is 1060. The van der Waals surface area contributed by atoms with Crippen molar-refractivity contribution in [1.82, 2.24) is 9.97 Å². The molecule has 1 aromatic carbocycles. The van der Waals surface area contributed by atoms with Gasteiger partial charge < -0.3 is 4.90 Å². The molecule has 154 valence electrons. The first-order valence-corrected chi connectivity index (χ1v) is 9.87. The zero-order valence-electron chi connectivity index (χ0n) is 17.4. The molecule has 3 aromatic rings. The summed E-state index contributed by atoms with van der Waals surface area (Å²) in [6.45, 7) is 3.80. The van der Waals surface area contributed by atoms with Crippen LogP contribution in [-0.2, 0) is 11.2 Å². The third-order valence-corrected chi connectivity index (χ3v) is 5.09.